The Bertz CT molecular complexity index is 693. The number of carbonyl (C=O) groups excluding carboxylic acids is 1. The van der Waals surface area contributed by atoms with Crippen molar-refractivity contribution in [2.24, 2.45) is 0 Å². The lowest BCUT2D eigenvalue weighted by Gasteiger charge is -2.26. The van der Waals surface area contributed by atoms with Crippen LogP contribution in [0.5, 0.6) is 0 Å². The third kappa shape index (κ3) is 3.31. The fraction of sp³-hybridized carbons (Fsp3) is 0.333. The van der Waals surface area contributed by atoms with E-state index < -0.39 is 17.7 Å². The van der Waals surface area contributed by atoms with E-state index in [0.29, 0.717) is 17.8 Å². The minimum Gasteiger partial charge on any atom is -0.363 e. The van der Waals surface area contributed by atoms with Crippen molar-refractivity contribution in [3.63, 3.8) is 0 Å². The van der Waals surface area contributed by atoms with Gasteiger partial charge in [-0.1, -0.05) is 11.2 Å². The van der Waals surface area contributed by atoms with E-state index in [-0.39, 0.29) is 12.1 Å². The van der Waals surface area contributed by atoms with Crippen molar-refractivity contribution in [1.82, 2.24) is 15.4 Å². The summed E-state index contributed by atoms with van der Waals surface area (Å²) in [4.78, 5) is 14.0. The zero-order valence-corrected chi connectivity index (χ0v) is 12.4. The molecule has 8 heteroatoms. The van der Waals surface area contributed by atoms with Crippen molar-refractivity contribution in [2.45, 2.75) is 18.5 Å². The third-order valence-electron chi connectivity index (χ3n) is 3.93. The first-order chi connectivity index (χ1) is 11.0. The smallest absolute Gasteiger partial charge is 0.320 e. The van der Waals surface area contributed by atoms with Gasteiger partial charge in [-0.25, -0.2) is 13.6 Å². The number of likely N-dealkylation sites (tertiary alicyclic amines) is 1. The van der Waals surface area contributed by atoms with Gasteiger partial charge in [-0.15, -0.1) is 0 Å². The van der Waals surface area contributed by atoms with Crippen LogP contribution in [0.25, 0.3) is 0 Å². The summed E-state index contributed by atoms with van der Waals surface area (Å²) in [5, 5.41) is 8.98. The molecule has 2 N–H and O–H groups in total. The number of anilines is 1. The Kier molecular flexibility index (Phi) is 4.24. The van der Waals surface area contributed by atoms with Gasteiger partial charge in [-0.3, -0.25) is 10.2 Å². The summed E-state index contributed by atoms with van der Waals surface area (Å²) in [6.45, 7) is 0.735. The van der Waals surface area contributed by atoms with Crippen molar-refractivity contribution < 1.29 is 18.1 Å². The molecule has 0 radical (unpaired) electrons. The Hall–Kier alpha value is -2.48. The van der Waals surface area contributed by atoms with E-state index in [1.54, 1.807) is 0 Å². The molecule has 1 saturated heterocycles. The van der Waals surface area contributed by atoms with Crippen LogP contribution in [0, 0.1) is 11.6 Å². The van der Waals surface area contributed by atoms with Crippen LogP contribution in [0.3, 0.4) is 0 Å². The molecule has 1 aliphatic heterocycles. The number of halogens is 2. The number of hydrogen-bond donors (Lipinski definition) is 2. The van der Waals surface area contributed by atoms with Crippen LogP contribution in [-0.2, 0) is 0 Å². The average Bonchev–Trinajstić information content (AvgIpc) is 3.12. The highest BCUT2D eigenvalue weighted by Gasteiger charge is 2.34. The number of benzene rings is 1. The molecule has 3 rings (SSSR count). The first-order valence-corrected chi connectivity index (χ1v) is 7.17. The lowest BCUT2D eigenvalue weighted by Crippen LogP contribution is -2.41. The van der Waals surface area contributed by atoms with Crippen LogP contribution < -0.4 is 10.6 Å². The monoisotopic (exact) mass is 322 g/mol. The highest BCUT2D eigenvalue weighted by atomic mass is 19.2. The molecular formula is C15H16F2N4O2. The van der Waals surface area contributed by atoms with Gasteiger partial charge in [0.25, 0.3) is 0 Å². The standard InChI is InChI=1S/C15H16F2N4O2/c1-21-6-4-12(18-15(22)19-13-5-7-23-20-13)14(21)9-2-3-10(16)11(17)8-9/h2-3,5,7-8,12,14H,4,6H2,1H3,(H2,18,19,20,22). The largest absolute Gasteiger partial charge is 0.363 e. The normalized spacial score (nSPS) is 21.3. The van der Waals surface area contributed by atoms with Crippen LogP contribution in [0.2, 0.25) is 0 Å². The van der Waals surface area contributed by atoms with Gasteiger partial charge in [0.2, 0.25) is 0 Å². The zero-order valence-electron chi connectivity index (χ0n) is 12.4. The van der Waals surface area contributed by atoms with E-state index in [9.17, 15) is 13.6 Å². The van der Waals surface area contributed by atoms with Crippen LogP contribution in [0.1, 0.15) is 18.0 Å². The molecule has 1 aromatic carbocycles. The molecular weight excluding hydrogens is 306 g/mol. The number of likely N-dealkylation sites (N-methyl/N-ethyl adjacent to an activating group) is 1. The fourth-order valence-corrected chi connectivity index (χ4v) is 2.88. The molecule has 2 atom stereocenters. The maximum Gasteiger partial charge on any atom is 0.320 e. The topological polar surface area (TPSA) is 70.4 Å². The van der Waals surface area contributed by atoms with Gasteiger partial charge in [0.05, 0.1) is 12.1 Å². The lowest BCUT2D eigenvalue weighted by atomic mass is 10.00. The SMILES string of the molecule is CN1CCC(NC(=O)Nc2ccon2)C1c1ccc(F)c(F)c1. The number of amides is 2. The Balaban J connectivity index is 1.73. The molecule has 6 nitrogen and oxygen atoms in total. The van der Waals surface area contributed by atoms with Gasteiger partial charge in [0, 0.05) is 12.6 Å². The quantitative estimate of drug-likeness (QED) is 0.911. The van der Waals surface area contributed by atoms with Gasteiger partial charge < -0.3 is 9.84 Å². The number of nitrogens with zero attached hydrogens (tertiary/aromatic N) is 2. The van der Waals surface area contributed by atoms with Crippen LogP contribution in [-0.4, -0.2) is 35.7 Å². The first kappa shape index (κ1) is 15.4. The van der Waals surface area contributed by atoms with E-state index >= 15 is 0 Å². The van der Waals surface area contributed by atoms with Gasteiger partial charge in [-0.2, -0.15) is 0 Å². The Morgan fingerprint density at radius 3 is 2.87 bits per heavy atom. The fourth-order valence-electron chi connectivity index (χ4n) is 2.88. The summed E-state index contributed by atoms with van der Waals surface area (Å²) in [5.74, 6) is -1.48. The summed E-state index contributed by atoms with van der Waals surface area (Å²) >= 11 is 0. The molecule has 1 fully saturated rings. The van der Waals surface area contributed by atoms with Crippen molar-refractivity contribution in [3.05, 3.63) is 47.7 Å². The molecule has 0 aliphatic carbocycles. The second-order valence-corrected chi connectivity index (χ2v) is 5.48. The summed E-state index contributed by atoms with van der Waals surface area (Å²) in [5.41, 5.74) is 0.621. The van der Waals surface area contributed by atoms with Crippen molar-refractivity contribution >= 4 is 11.8 Å². The Morgan fingerprint density at radius 1 is 1.35 bits per heavy atom. The molecule has 2 aromatic rings. The minimum absolute atomic E-state index is 0.225. The summed E-state index contributed by atoms with van der Waals surface area (Å²) < 4.78 is 31.2. The number of nitrogens with one attached hydrogen (secondary N) is 2. The second kappa shape index (κ2) is 6.33. The maximum absolute atomic E-state index is 13.5. The average molecular weight is 322 g/mol. The molecule has 122 valence electrons. The molecule has 2 amide bonds. The first-order valence-electron chi connectivity index (χ1n) is 7.17. The Labute approximate surface area is 131 Å². The van der Waals surface area contributed by atoms with Gasteiger partial charge >= 0.3 is 6.03 Å². The van der Waals surface area contributed by atoms with E-state index in [1.165, 1.54) is 24.5 Å². The maximum atomic E-state index is 13.5. The van der Waals surface area contributed by atoms with Crippen LogP contribution in [0.15, 0.2) is 35.1 Å². The summed E-state index contributed by atoms with van der Waals surface area (Å²) in [6, 6.07) is 4.45. The highest BCUT2D eigenvalue weighted by molar-refractivity contribution is 5.88. The molecule has 0 saturated carbocycles. The predicted molar refractivity (Wildman–Crippen MR) is 78.8 cm³/mol. The Morgan fingerprint density at radius 2 is 2.17 bits per heavy atom. The molecule has 1 aromatic heterocycles. The number of carbonyl (C=O) groups is 1. The summed E-state index contributed by atoms with van der Waals surface area (Å²) in [6.07, 6.45) is 2.05. The molecule has 0 spiro atoms. The van der Waals surface area contributed by atoms with Crippen LogP contribution in [0.4, 0.5) is 19.4 Å². The van der Waals surface area contributed by atoms with Gasteiger partial charge in [0.1, 0.15) is 6.26 Å². The third-order valence-corrected chi connectivity index (χ3v) is 3.93. The van der Waals surface area contributed by atoms with Crippen molar-refractivity contribution in [1.29, 1.82) is 0 Å². The molecule has 2 heterocycles. The van der Waals surface area contributed by atoms with Crippen molar-refractivity contribution in [2.75, 3.05) is 18.9 Å². The van der Waals surface area contributed by atoms with E-state index in [4.69, 9.17) is 0 Å². The number of rotatable bonds is 3. The second-order valence-electron chi connectivity index (χ2n) is 5.48. The minimum atomic E-state index is -0.895. The number of urea groups is 1. The summed E-state index contributed by atoms with van der Waals surface area (Å²) in [7, 11) is 1.88. The van der Waals surface area contributed by atoms with Crippen molar-refractivity contribution in [3.8, 4) is 0 Å². The predicted octanol–water partition coefficient (Wildman–Crippen LogP) is 2.52. The molecule has 2 unspecified atom stereocenters. The number of hydrogen-bond acceptors (Lipinski definition) is 4. The van der Waals surface area contributed by atoms with Gasteiger partial charge in [0.15, 0.2) is 17.5 Å². The highest BCUT2D eigenvalue weighted by Crippen LogP contribution is 2.31. The van der Waals surface area contributed by atoms with Gasteiger partial charge in [-0.05, 0) is 31.2 Å². The van der Waals surface area contributed by atoms with E-state index in [1.807, 2.05) is 11.9 Å². The molecule has 1 aliphatic rings. The lowest BCUT2D eigenvalue weighted by molar-refractivity contribution is 0.240. The van der Waals surface area contributed by atoms with Crippen LogP contribution >= 0.6 is 0 Å². The zero-order chi connectivity index (χ0) is 16.4. The van der Waals surface area contributed by atoms with E-state index in [0.717, 1.165) is 12.6 Å². The molecule has 23 heavy (non-hydrogen) atoms. The number of aromatic nitrogens is 1. The molecule has 0 bridgehead atoms. The van der Waals surface area contributed by atoms with E-state index in [2.05, 4.69) is 20.3 Å².